The van der Waals surface area contributed by atoms with Gasteiger partial charge in [-0.1, -0.05) is 0 Å². The topological polar surface area (TPSA) is 0 Å². The Morgan fingerprint density at radius 1 is 0.548 bits per heavy atom. The second kappa shape index (κ2) is 12.2. The van der Waals surface area contributed by atoms with Crippen molar-refractivity contribution < 1.29 is 16.0 Å². The molecule has 4 heteroatoms. The number of rotatable bonds is 9. The van der Waals surface area contributed by atoms with Crippen LogP contribution in [0.4, 0.5) is 0 Å². The normalized spacial score (nSPS) is 12.4. The molecule has 0 spiro atoms. The van der Waals surface area contributed by atoms with Gasteiger partial charge >= 0.3 is 204 Å². The molecule has 0 aliphatic carbocycles. The Hall–Kier alpha value is -1.12. The van der Waals surface area contributed by atoms with Crippen LogP contribution in [0.2, 0.25) is 0 Å². The molecule has 0 aliphatic rings. The van der Waals surface area contributed by atoms with E-state index in [4.69, 9.17) is 0 Å². The van der Waals surface area contributed by atoms with Crippen molar-refractivity contribution in [3.63, 3.8) is 0 Å². The van der Waals surface area contributed by atoms with Crippen LogP contribution in [0.3, 0.4) is 0 Å². The van der Waals surface area contributed by atoms with E-state index in [0.29, 0.717) is 20.1 Å². The molecule has 0 aromatic heterocycles. The van der Waals surface area contributed by atoms with Crippen LogP contribution >= 0.6 is 29.3 Å². The monoisotopic (exact) mass is 596 g/mol. The van der Waals surface area contributed by atoms with E-state index in [2.05, 4.69) is 135 Å². The summed E-state index contributed by atoms with van der Waals surface area (Å²) < 4.78 is 0.645. The zero-order valence-electron chi connectivity index (χ0n) is 17.1. The third kappa shape index (κ3) is 6.23. The van der Waals surface area contributed by atoms with Crippen molar-refractivity contribution in [3.05, 3.63) is 121 Å². The summed E-state index contributed by atoms with van der Waals surface area (Å²) in [5.74, 6) is 0. The zero-order valence-corrected chi connectivity index (χ0v) is 22.1. The molecule has 0 aliphatic heterocycles. The maximum absolute atomic E-state index is 3.95. The van der Waals surface area contributed by atoms with Crippen LogP contribution in [-0.4, -0.2) is 10.3 Å². The van der Waals surface area contributed by atoms with Crippen molar-refractivity contribution in [1.29, 1.82) is 0 Å². The fourth-order valence-corrected chi connectivity index (χ4v) is 14.3. The van der Waals surface area contributed by atoms with Crippen LogP contribution in [0, 0.1) is 0 Å². The van der Waals surface area contributed by atoms with Gasteiger partial charge in [0.1, 0.15) is 0 Å². The molecule has 160 valence electrons. The predicted molar refractivity (Wildman–Crippen MR) is 140 cm³/mol. The van der Waals surface area contributed by atoms with Crippen LogP contribution in [0.15, 0.2) is 121 Å². The molecule has 0 heterocycles. The van der Waals surface area contributed by atoms with Crippen molar-refractivity contribution in [2.24, 2.45) is 0 Å². The number of hydrogen-bond acceptors (Lipinski definition) is 0. The molecule has 0 N–H and O–H groups in total. The van der Waals surface area contributed by atoms with Gasteiger partial charge in [0.05, 0.1) is 0 Å². The second-order valence-corrected chi connectivity index (χ2v) is 15.6. The van der Waals surface area contributed by atoms with Crippen molar-refractivity contribution in [2.45, 2.75) is 10.6 Å². The molecule has 0 bridgehead atoms. The van der Waals surface area contributed by atoms with Crippen LogP contribution in [0.25, 0.3) is 0 Å². The number of halogens is 1. The van der Waals surface area contributed by atoms with Gasteiger partial charge in [-0.2, -0.15) is 0 Å². The molecule has 1 atom stereocenters. The Kier molecular flexibility index (Phi) is 9.08. The summed E-state index contributed by atoms with van der Waals surface area (Å²) in [5.41, 5.74) is 0. The van der Waals surface area contributed by atoms with Gasteiger partial charge in [-0.25, -0.2) is 0 Å². The van der Waals surface area contributed by atoms with E-state index >= 15 is 0 Å². The SMILES string of the molecule is [Br][Pd][CH](CCP(c1ccccc1)c1ccccc1)P(c1ccccc1)c1ccccc1. The Morgan fingerprint density at radius 2 is 0.903 bits per heavy atom. The first-order valence-electron chi connectivity index (χ1n) is 10.3. The predicted octanol–water partition coefficient (Wildman–Crippen LogP) is 6.36. The average Bonchev–Trinajstić information content (AvgIpc) is 2.86. The Labute approximate surface area is 203 Å². The summed E-state index contributed by atoms with van der Waals surface area (Å²) in [4.78, 5) is 0. The van der Waals surface area contributed by atoms with E-state index in [-0.39, 0.29) is 7.92 Å². The van der Waals surface area contributed by atoms with Crippen LogP contribution in [0.1, 0.15) is 6.42 Å². The first kappa shape index (κ1) is 23.1. The molecule has 0 amide bonds. The first-order valence-corrected chi connectivity index (χ1v) is 17.7. The van der Waals surface area contributed by atoms with Crippen molar-refractivity contribution in [3.8, 4) is 0 Å². The summed E-state index contributed by atoms with van der Waals surface area (Å²) >= 11 is 4.47. The summed E-state index contributed by atoms with van der Waals surface area (Å²) in [7, 11) is -0.751. The van der Waals surface area contributed by atoms with Gasteiger partial charge in [0.15, 0.2) is 0 Å². The molecule has 0 nitrogen and oxygen atoms in total. The summed E-state index contributed by atoms with van der Waals surface area (Å²) in [6.07, 6.45) is 2.45. The van der Waals surface area contributed by atoms with E-state index in [0.717, 1.165) is 0 Å². The van der Waals surface area contributed by atoms with Crippen molar-refractivity contribution in [1.82, 2.24) is 0 Å². The van der Waals surface area contributed by atoms with E-state index in [1.54, 1.807) is 0 Å². The first-order chi connectivity index (χ1) is 15.4. The van der Waals surface area contributed by atoms with E-state index in [1.165, 1.54) is 33.8 Å². The fourth-order valence-electron chi connectivity index (χ4n) is 3.68. The van der Waals surface area contributed by atoms with Crippen LogP contribution in [0.5, 0.6) is 0 Å². The molecule has 4 rings (SSSR count). The van der Waals surface area contributed by atoms with Gasteiger partial charge in [-0.05, 0) is 0 Å². The Balaban J connectivity index is 1.63. The number of hydrogen-bond donors (Lipinski definition) is 0. The van der Waals surface area contributed by atoms with Gasteiger partial charge in [0.25, 0.3) is 0 Å². The van der Waals surface area contributed by atoms with Gasteiger partial charge in [0, 0.05) is 0 Å². The van der Waals surface area contributed by atoms with Gasteiger partial charge < -0.3 is 0 Å². The Bertz CT molecular complexity index is 951. The minimum absolute atomic E-state index is 0.354. The standard InChI is InChI=1S/C27H25P2.BrH.Pd/c1-5-14-24(15-6-1)28(25-16-7-2-8-17-25)22-13-23-29(26-18-9-3-10-19-26)27-20-11-4-12-21-27;;/h1-12,14-22H,13,23H2;1H;/q;;+1/p-1. The molecule has 0 saturated heterocycles. The summed E-state index contributed by atoms with van der Waals surface area (Å²) in [5, 5.41) is 5.92. The van der Waals surface area contributed by atoms with Crippen LogP contribution < -0.4 is 21.2 Å². The molecule has 4 aromatic rings. The zero-order chi connectivity index (χ0) is 21.3. The van der Waals surface area contributed by atoms with Crippen LogP contribution in [-0.2, 0) is 16.0 Å². The molecule has 0 radical (unpaired) electrons. The minimum atomic E-state index is -0.397. The molecule has 0 fully saturated rings. The molecular weight excluding hydrogens is 573 g/mol. The number of benzene rings is 4. The van der Waals surface area contributed by atoms with Crippen molar-refractivity contribution in [2.75, 3.05) is 6.16 Å². The van der Waals surface area contributed by atoms with Crippen molar-refractivity contribution >= 4 is 50.5 Å². The third-order valence-corrected chi connectivity index (χ3v) is 16.1. The van der Waals surface area contributed by atoms with Gasteiger partial charge in [-0.15, -0.1) is 0 Å². The molecule has 31 heavy (non-hydrogen) atoms. The molecule has 4 aromatic carbocycles. The fraction of sp³-hybridized carbons (Fsp3) is 0.111. The van der Waals surface area contributed by atoms with Gasteiger partial charge in [-0.3, -0.25) is 0 Å². The molecule has 1 unspecified atom stereocenters. The molecule has 0 saturated carbocycles. The van der Waals surface area contributed by atoms with E-state index in [1.807, 2.05) is 0 Å². The summed E-state index contributed by atoms with van der Waals surface area (Å²) in [6.45, 7) is 0. The quantitative estimate of drug-likeness (QED) is 0.156. The Morgan fingerprint density at radius 3 is 1.26 bits per heavy atom. The van der Waals surface area contributed by atoms with Gasteiger partial charge in [0.2, 0.25) is 0 Å². The van der Waals surface area contributed by atoms with E-state index in [9.17, 15) is 0 Å². The van der Waals surface area contributed by atoms with E-state index < -0.39 is 7.92 Å². The average molecular weight is 598 g/mol. The second-order valence-electron chi connectivity index (χ2n) is 7.11. The summed E-state index contributed by atoms with van der Waals surface area (Å²) in [6, 6.07) is 44.5. The third-order valence-electron chi connectivity index (χ3n) is 5.12. The maximum atomic E-state index is 3.95. The molecular formula is C27H25BrP2Pd.